The van der Waals surface area contributed by atoms with Crippen LogP contribution in [0.5, 0.6) is 0 Å². The number of hydrogen-bond acceptors (Lipinski definition) is 4. The van der Waals surface area contributed by atoms with Crippen molar-refractivity contribution >= 4 is 34.5 Å². The molecule has 0 atom stereocenters. The van der Waals surface area contributed by atoms with Crippen LogP contribution in [-0.2, 0) is 4.79 Å². The minimum atomic E-state index is -0.412. The maximum absolute atomic E-state index is 13.7. The summed E-state index contributed by atoms with van der Waals surface area (Å²) in [6.45, 7) is 1.41. The van der Waals surface area contributed by atoms with Crippen molar-refractivity contribution in [1.82, 2.24) is 9.80 Å². The zero-order valence-corrected chi connectivity index (χ0v) is 19.4. The van der Waals surface area contributed by atoms with E-state index in [2.05, 4.69) is 10.6 Å². The maximum atomic E-state index is 13.7. The monoisotopic (exact) mass is 458 g/mol. The average molecular weight is 459 g/mol. The number of halogens is 1. The molecule has 1 aliphatic rings. The number of carbonyl (C=O) groups is 2. The number of likely N-dealkylation sites (N-methyl/N-ethyl adjacent to an activating group) is 2. The van der Waals surface area contributed by atoms with E-state index in [-0.39, 0.29) is 11.8 Å². The number of fused-ring (bicyclic) bond motifs is 1. The molecule has 2 amide bonds. The van der Waals surface area contributed by atoms with E-state index in [1.54, 1.807) is 30.1 Å². The van der Waals surface area contributed by atoms with Crippen LogP contribution in [0.25, 0.3) is 11.3 Å². The van der Waals surface area contributed by atoms with Crippen molar-refractivity contribution in [3.05, 3.63) is 95.3 Å². The van der Waals surface area contributed by atoms with Crippen molar-refractivity contribution in [3.63, 3.8) is 0 Å². The molecule has 0 bridgehead atoms. The zero-order chi connectivity index (χ0) is 24.2. The third-order valence-electron chi connectivity index (χ3n) is 5.67. The first-order valence-electron chi connectivity index (χ1n) is 11.0. The zero-order valence-electron chi connectivity index (χ0n) is 19.4. The Morgan fingerprint density at radius 3 is 2.29 bits per heavy atom. The predicted molar refractivity (Wildman–Crippen MR) is 134 cm³/mol. The summed E-state index contributed by atoms with van der Waals surface area (Å²) in [6.07, 6.45) is 0. The van der Waals surface area contributed by atoms with Gasteiger partial charge < -0.3 is 20.4 Å². The van der Waals surface area contributed by atoms with Crippen LogP contribution in [0.2, 0.25) is 0 Å². The van der Waals surface area contributed by atoms with Gasteiger partial charge in [0.15, 0.2) is 0 Å². The van der Waals surface area contributed by atoms with E-state index in [1.807, 2.05) is 61.5 Å². The van der Waals surface area contributed by atoms with E-state index in [1.165, 1.54) is 12.1 Å². The standard InChI is InChI=1S/C27H27FN4O2/c1-31(2)15-16-32(3)27(34)19-9-12-21(13-10-19)29-25(18-7-5-4-6-8-18)24-22-14-11-20(28)17-23(22)30-26(24)33/h4-14,17,29H,15-16H2,1-3H3,(H,30,33). The molecule has 0 radical (unpaired) electrons. The van der Waals surface area contributed by atoms with Crippen molar-refractivity contribution in [2.75, 3.05) is 44.9 Å². The van der Waals surface area contributed by atoms with E-state index in [9.17, 15) is 14.0 Å². The lowest BCUT2D eigenvalue weighted by Crippen LogP contribution is -2.33. The number of carbonyl (C=O) groups excluding carboxylic acids is 2. The summed E-state index contributed by atoms with van der Waals surface area (Å²) in [5, 5.41) is 6.10. The van der Waals surface area contributed by atoms with E-state index >= 15 is 0 Å². The average Bonchev–Trinajstić information content (AvgIpc) is 3.15. The largest absolute Gasteiger partial charge is 0.354 e. The van der Waals surface area contributed by atoms with Gasteiger partial charge in [0.1, 0.15) is 5.82 Å². The Morgan fingerprint density at radius 2 is 1.62 bits per heavy atom. The molecule has 1 heterocycles. The highest BCUT2D eigenvalue weighted by molar-refractivity contribution is 6.37. The van der Waals surface area contributed by atoms with Crippen LogP contribution in [0.15, 0.2) is 72.8 Å². The Balaban J connectivity index is 1.65. The number of rotatable bonds is 7. The molecule has 0 fully saturated rings. The van der Waals surface area contributed by atoms with Gasteiger partial charge in [-0.05, 0) is 62.1 Å². The van der Waals surface area contributed by atoms with Crippen molar-refractivity contribution in [2.45, 2.75) is 0 Å². The molecule has 0 aliphatic carbocycles. The molecule has 34 heavy (non-hydrogen) atoms. The lowest BCUT2D eigenvalue weighted by atomic mass is 10.00. The van der Waals surface area contributed by atoms with Crippen molar-refractivity contribution in [3.8, 4) is 0 Å². The first kappa shape index (κ1) is 23.2. The van der Waals surface area contributed by atoms with Gasteiger partial charge in [-0.3, -0.25) is 9.59 Å². The molecule has 6 nitrogen and oxygen atoms in total. The Bertz CT molecular complexity index is 1240. The van der Waals surface area contributed by atoms with Gasteiger partial charge in [0.25, 0.3) is 11.8 Å². The van der Waals surface area contributed by atoms with E-state index in [4.69, 9.17) is 0 Å². The number of hydrogen-bond donors (Lipinski definition) is 2. The first-order chi connectivity index (χ1) is 16.3. The Labute approximate surface area is 198 Å². The molecule has 0 aromatic heterocycles. The Kier molecular flexibility index (Phi) is 6.75. The number of nitrogens with one attached hydrogen (secondary N) is 2. The summed E-state index contributed by atoms with van der Waals surface area (Å²) in [6, 6.07) is 20.9. The first-order valence-corrected chi connectivity index (χ1v) is 11.0. The molecule has 0 spiro atoms. The SMILES string of the molecule is CN(C)CCN(C)C(=O)c1ccc(NC(=C2C(=O)Nc3cc(F)ccc32)c2ccccc2)cc1. The summed E-state index contributed by atoms with van der Waals surface area (Å²) >= 11 is 0. The minimum absolute atomic E-state index is 0.0545. The highest BCUT2D eigenvalue weighted by Crippen LogP contribution is 2.37. The highest BCUT2D eigenvalue weighted by atomic mass is 19.1. The Hall–Kier alpha value is -3.97. The van der Waals surface area contributed by atoms with Crippen LogP contribution in [-0.4, -0.2) is 55.8 Å². The molecule has 7 heteroatoms. The second kappa shape index (κ2) is 9.89. The van der Waals surface area contributed by atoms with Crippen molar-refractivity contribution in [1.29, 1.82) is 0 Å². The van der Waals surface area contributed by atoms with E-state index in [0.29, 0.717) is 34.6 Å². The molecular weight excluding hydrogens is 431 g/mol. The fourth-order valence-electron chi connectivity index (χ4n) is 3.79. The smallest absolute Gasteiger partial charge is 0.258 e. The lowest BCUT2D eigenvalue weighted by Gasteiger charge is -2.20. The summed E-state index contributed by atoms with van der Waals surface area (Å²) in [5.41, 5.74) is 4.23. The second-order valence-corrected chi connectivity index (χ2v) is 8.49. The molecule has 3 aromatic carbocycles. The molecular formula is C27H27FN4O2. The summed E-state index contributed by atoms with van der Waals surface area (Å²) in [4.78, 5) is 29.3. The van der Waals surface area contributed by atoms with Crippen molar-refractivity contribution in [2.24, 2.45) is 0 Å². The summed E-state index contributed by atoms with van der Waals surface area (Å²) < 4.78 is 13.7. The van der Waals surface area contributed by atoms with Crippen LogP contribution < -0.4 is 10.6 Å². The summed E-state index contributed by atoms with van der Waals surface area (Å²) in [7, 11) is 5.73. The van der Waals surface area contributed by atoms with Gasteiger partial charge in [0.05, 0.1) is 17.0 Å². The van der Waals surface area contributed by atoms with Crippen LogP contribution >= 0.6 is 0 Å². The predicted octanol–water partition coefficient (Wildman–Crippen LogP) is 4.39. The van der Waals surface area contributed by atoms with Gasteiger partial charge in [-0.1, -0.05) is 30.3 Å². The van der Waals surface area contributed by atoms with E-state index < -0.39 is 5.82 Å². The molecule has 4 rings (SSSR count). The Morgan fingerprint density at radius 1 is 0.912 bits per heavy atom. The quantitative estimate of drug-likeness (QED) is 0.516. The highest BCUT2D eigenvalue weighted by Gasteiger charge is 2.28. The van der Waals surface area contributed by atoms with E-state index in [0.717, 1.165) is 17.8 Å². The second-order valence-electron chi connectivity index (χ2n) is 8.49. The van der Waals surface area contributed by atoms with Gasteiger partial charge in [-0.15, -0.1) is 0 Å². The van der Waals surface area contributed by atoms with Crippen LogP contribution in [0.4, 0.5) is 15.8 Å². The molecule has 0 saturated heterocycles. The number of benzene rings is 3. The minimum Gasteiger partial charge on any atom is -0.354 e. The van der Waals surface area contributed by atoms with Gasteiger partial charge >= 0.3 is 0 Å². The fraction of sp³-hybridized carbons (Fsp3) is 0.185. The topological polar surface area (TPSA) is 64.7 Å². The van der Waals surface area contributed by atoms with Crippen molar-refractivity contribution < 1.29 is 14.0 Å². The summed E-state index contributed by atoms with van der Waals surface area (Å²) in [5.74, 6) is -0.771. The third-order valence-corrected chi connectivity index (χ3v) is 5.67. The molecule has 174 valence electrons. The molecule has 1 aliphatic heterocycles. The van der Waals surface area contributed by atoms with Gasteiger partial charge in [0, 0.05) is 37.0 Å². The van der Waals surface area contributed by atoms with Gasteiger partial charge in [-0.25, -0.2) is 4.39 Å². The van der Waals surface area contributed by atoms with Gasteiger partial charge in [-0.2, -0.15) is 0 Å². The number of nitrogens with zero attached hydrogens (tertiary/aromatic N) is 2. The van der Waals surface area contributed by atoms with Gasteiger partial charge in [0.2, 0.25) is 0 Å². The molecule has 3 aromatic rings. The normalized spacial score (nSPS) is 14.0. The number of amides is 2. The van der Waals surface area contributed by atoms with Crippen LogP contribution in [0.3, 0.4) is 0 Å². The van der Waals surface area contributed by atoms with Crippen LogP contribution in [0, 0.1) is 5.82 Å². The maximum Gasteiger partial charge on any atom is 0.258 e. The molecule has 0 saturated carbocycles. The molecule has 2 N–H and O–H groups in total. The van der Waals surface area contributed by atoms with Crippen LogP contribution in [0.1, 0.15) is 21.5 Å². The number of anilines is 2. The third kappa shape index (κ3) is 5.00. The molecule has 0 unspecified atom stereocenters. The fourth-order valence-corrected chi connectivity index (χ4v) is 3.79. The lowest BCUT2D eigenvalue weighted by molar-refractivity contribution is -0.110.